The second kappa shape index (κ2) is 9.72. The van der Waals surface area contributed by atoms with E-state index < -0.39 is 10.0 Å². The molecule has 0 fully saturated rings. The fraction of sp³-hybridized carbons (Fsp3) is 0.304. The van der Waals surface area contributed by atoms with Crippen LogP contribution in [0.25, 0.3) is 11.3 Å². The molecule has 0 bridgehead atoms. The first kappa shape index (κ1) is 23.1. The van der Waals surface area contributed by atoms with E-state index in [0.717, 1.165) is 22.4 Å². The standard InChI is InChI=1S/C23H27N3O3S2/c1-23(2,3)19-6-8-20(9-7-19)31(28,29)26-13-10-21(27)25-15-17-5-4-12-24-22(17)18-11-14-30-16-18/h4-9,11-12,14,16,26H,10,13,15H2,1-3H3,(H,25,27). The quantitative estimate of drug-likeness (QED) is 0.533. The lowest BCUT2D eigenvalue weighted by Crippen LogP contribution is -2.30. The molecule has 8 heteroatoms. The monoisotopic (exact) mass is 457 g/mol. The van der Waals surface area contributed by atoms with Crippen LogP contribution in [0.2, 0.25) is 0 Å². The van der Waals surface area contributed by atoms with Gasteiger partial charge in [-0.2, -0.15) is 11.3 Å². The molecule has 0 spiro atoms. The number of aromatic nitrogens is 1. The number of hydrogen-bond donors (Lipinski definition) is 2. The van der Waals surface area contributed by atoms with Crippen molar-refractivity contribution < 1.29 is 13.2 Å². The molecule has 1 aromatic carbocycles. The Morgan fingerprint density at radius 2 is 1.84 bits per heavy atom. The Kier molecular flexibility index (Phi) is 7.25. The van der Waals surface area contributed by atoms with Crippen molar-refractivity contribution in [2.75, 3.05) is 6.54 Å². The smallest absolute Gasteiger partial charge is 0.240 e. The lowest BCUT2D eigenvalue weighted by atomic mass is 9.87. The number of thiophene rings is 1. The predicted octanol–water partition coefficient (Wildman–Crippen LogP) is 4.09. The molecule has 164 valence electrons. The minimum Gasteiger partial charge on any atom is -0.352 e. The average molecular weight is 458 g/mol. The molecule has 0 atom stereocenters. The maximum atomic E-state index is 12.5. The van der Waals surface area contributed by atoms with E-state index >= 15 is 0 Å². The van der Waals surface area contributed by atoms with Gasteiger partial charge >= 0.3 is 0 Å². The van der Waals surface area contributed by atoms with Gasteiger partial charge in [0.1, 0.15) is 0 Å². The summed E-state index contributed by atoms with van der Waals surface area (Å²) in [4.78, 5) is 16.8. The fourth-order valence-electron chi connectivity index (χ4n) is 3.04. The third-order valence-electron chi connectivity index (χ3n) is 4.84. The number of carbonyl (C=O) groups excluding carboxylic acids is 1. The normalized spacial score (nSPS) is 12.0. The number of carbonyl (C=O) groups is 1. The topological polar surface area (TPSA) is 88.2 Å². The Morgan fingerprint density at radius 3 is 2.48 bits per heavy atom. The third-order valence-corrected chi connectivity index (χ3v) is 7.00. The van der Waals surface area contributed by atoms with E-state index in [1.807, 2.05) is 41.1 Å². The van der Waals surface area contributed by atoms with Crippen molar-refractivity contribution in [3.8, 4) is 11.3 Å². The fourth-order valence-corrected chi connectivity index (χ4v) is 4.71. The molecule has 3 rings (SSSR count). The predicted molar refractivity (Wildman–Crippen MR) is 124 cm³/mol. The summed E-state index contributed by atoms with van der Waals surface area (Å²) in [5.41, 5.74) is 3.77. The SMILES string of the molecule is CC(C)(C)c1ccc(S(=O)(=O)NCCC(=O)NCc2cccnc2-c2ccsc2)cc1. The summed E-state index contributed by atoms with van der Waals surface area (Å²) in [6.45, 7) is 6.57. The van der Waals surface area contributed by atoms with Crippen LogP contribution in [0.1, 0.15) is 38.3 Å². The van der Waals surface area contributed by atoms with Gasteiger partial charge in [-0.15, -0.1) is 0 Å². The van der Waals surface area contributed by atoms with Crippen LogP contribution in [0, 0.1) is 0 Å². The maximum absolute atomic E-state index is 12.5. The number of nitrogens with one attached hydrogen (secondary N) is 2. The number of amides is 1. The molecule has 0 unspecified atom stereocenters. The lowest BCUT2D eigenvalue weighted by molar-refractivity contribution is -0.121. The summed E-state index contributed by atoms with van der Waals surface area (Å²) in [6, 6.07) is 12.6. The molecule has 1 amide bonds. The van der Waals surface area contributed by atoms with E-state index in [9.17, 15) is 13.2 Å². The first-order valence-corrected chi connectivity index (χ1v) is 12.4. The molecule has 0 aliphatic rings. The minimum absolute atomic E-state index is 0.0274. The van der Waals surface area contributed by atoms with Gasteiger partial charge < -0.3 is 5.32 Å². The largest absolute Gasteiger partial charge is 0.352 e. The Hall–Kier alpha value is -2.55. The summed E-state index contributed by atoms with van der Waals surface area (Å²) < 4.78 is 27.5. The molecule has 0 saturated carbocycles. The number of benzene rings is 1. The Balaban J connectivity index is 1.52. The first-order chi connectivity index (χ1) is 14.7. The summed E-state index contributed by atoms with van der Waals surface area (Å²) in [5, 5.41) is 6.83. The summed E-state index contributed by atoms with van der Waals surface area (Å²) in [5.74, 6) is -0.231. The van der Waals surface area contributed by atoms with Crippen molar-refractivity contribution >= 4 is 27.3 Å². The van der Waals surface area contributed by atoms with Gasteiger partial charge in [-0.25, -0.2) is 13.1 Å². The molecule has 0 aliphatic carbocycles. The van der Waals surface area contributed by atoms with Crippen molar-refractivity contribution in [2.24, 2.45) is 0 Å². The van der Waals surface area contributed by atoms with Crippen LogP contribution in [0.15, 0.2) is 64.3 Å². The molecule has 6 nitrogen and oxygen atoms in total. The Bertz CT molecular complexity index is 1120. The highest BCUT2D eigenvalue weighted by Crippen LogP contribution is 2.24. The van der Waals surface area contributed by atoms with Gasteiger partial charge in [-0.05, 0) is 46.2 Å². The van der Waals surface area contributed by atoms with E-state index in [1.165, 1.54) is 0 Å². The van der Waals surface area contributed by atoms with Crippen molar-refractivity contribution in [3.05, 3.63) is 70.5 Å². The van der Waals surface area contributed by atoms with E-state index in [4.69, 9.17) is 0 Å². The van der Waals surface area contributed by atoms with Crippen molar-refractivity contribution in [2.45, 2.75) is 44.0 Å². The van der Waals surface area contributed by atoms with Crippen molar-refractivity contribution in [1.82, 2.24) is 15.0 Å². The van der Waals surface area contributed by atoms with Crippen LogP contribution in [0.4, 0.5) is 0 Å². The lowest BCUT2D eigenvalue weighted by Gasteiger charge is -2.19. The van der Waals surface area contributed by atoms with E-state index in [0.29, 0.717) is 6.54 Å². The van der Waals surface area contributed by atoms with Gasteiger partial charge in [0, 0.05) is 36.7 Å². The Morgan fingerprint density at radius 1 is 1.10 bits per heavy atom. The highest BCUT2D eigenvalue weighted by Gasteiger charge is 2.17. The van der Waals surface area contributed by atoms with E-state index in [1.54, 1.807) is 29.7 Å². The zero-order valence-corrected chi connectivity index (χ0v) is 19.5. The van der Waals surface area contributed by atoms with E-state index in [2.05, 4.69) is 35.8 Å². The van der Waals surface area contributed by atoms with Crippen LogP contribution in [-0.2, 0) is 26.8 Å². The van der Waals surface area contributed by atoms with Crippen LogP contribution in [-0.4, -0.2) is 25.9 Å². The second-order valence-electron chi connectivity index (χ2n) is 8.22. The maximum Gasteiger partial charge on any atom is 0.240 e. The molecule has 31 heavy (non-hydrogen) atoms. The number of sulfonamides is 1. The molecular formula is C23H27N3O3S2. The van der Waals surface area contributed by atoms with Crippen LogP contribution in [0.3, 0.4) is 0 Å². The number of pyridine rings is 1. The van der Waals surface area contributed by atoms with Crippen molar-refractivity contribution in [1.29, 1.82) is 0 Å². The van der Waals surface area contributed by atoms with Gasteiger partial charge in [-0.3, -0.25) is 9.78 Å². The third kappa shape index (κ3) is 6.22. The van der Waals surface area contributed by atoms with E-state index in [-0.39, 0.29) is 29.2 Å². The number of rotatable bonds is 8. The van der Waals surface area contributed by atoms with Crippen LogP contribution >= 0.6 is 11.3 Å². The molecular weight excluding hydrogens is 430 g/mol. The summed E-state index contributed by atoms with van der Waals surface area (Å²) in [6.07, 6.45) is 1.77. The second-order valence-corrected chi connectivity index (χ2v) is 10.8. The zero-order valence-electron chi connectivity index (χ0n) is 17.9. The molecule has 2 N–H and O–H groups in total. The summed E-state index contributed by atoms with van der Waals surface area (Å²) >= 11 is 1.59. The van der Waals surface area contributed by atoms with Crippen molar-refractivity contribution in [3.63, 3.8) is 0 Å². The van der Waals surface area contributed by atoms with Gasteiger partial charge in [0.25, 0.3) is 0 Å². The number of hydrogen-bond acceptors (Lipinski definition) is 5. The van der Waals surface area contributed by atoms with Gasteiger partial charge in [-0.1, -0.05) is 39.0 Å². The highest BCUT2D eigenvalue weighted by molar-refractivity contribution is 7.89. The molecule has 3 aromatic rings. The Labute approximate surface area is 187 Å². The first-order valence-electron chi connectivity index (χ1n) is 10.0. The van der Waals surface area contributed by atoms with Gasteiger partial charge in [0.05, 0.1) is 10.6 Å². The zero-order chi connectivity index (χ0) is 22.5. The van der Waals surface area contributed by atoms with Crippen LogP contribution in [0.5, 0.6) is 0 Å². The molecule has 0 saturated heterocycles. The van der Waals surface area contributed by atoms with Crippen LogP contribution < -0.4 is 10.0 Å². The molecule has 0 radical (unpaired) electrons. The number of nitrogens with zero attached hydrogens (tertiary/aromatic N) is 1. The molecule has 2 aromatic heterocycles. The molecule has 2 heterocycles. The summed E-state index contributed by atoms with van der Waals surface area (Å²) in [7, 11) is -3.66. The van der Waals surface area contributed by atoms with Gasteiger partial charge in [0.15, 0.2) is 0 Å². The van der Waals surface area contributed by atoms with Gasteiger partial charge in [0.2, 0.25) is 15.9 Å². The average Bonchev–Trinajstić information content (AvgIpc) is 3.26. The molecule has 0 aliphatic heterocycles. The minimum atomic E-state index is -3.66. The highest BCUT2D eigenvalue weighted by atomic mass is 32.2.